The van der Waals surface area contributed by atoms with Crippen LogP contribution < -0.4 is 5.32 Å². The molecule has 1 N–H and O–H groups in total. The summed E-state index contributed by atoms with van der Waals surface area (Å²) in [5.41, 5.74) is 0. The van der Waals surface area contributed by atoms with Gasteiger partial charge in [0.05, 0.1) is 12.1 Å². The van der Waals surface area contributed by atoms with Gasteiger partial charge in [0.1, 0.15) is 0 Å². The minimum atomic E-state index is 0.242. The first kappa shape index (κ1) is 12.7. The van der Waals surface area contributed by atoms with Gasteiger partial charge in [0.15, 0.2) is 5.82 Å². The average Bonchev–Trinajstić information content (AvgIpc) is 2.86. The van der Waals surface area contributed by atoms with Gasteiger partial charge in [-0.25, -0.2) is 4.68 Å². The summed E-state index contributed by atoms with van der Waals surface area (Å²) in [5.74, 6) is 5.38. The van der Waals surface area contributed by atoms with Gasteiger partial charge in [-0.1, -0.05) is 13.8 Å². The highest BCUT2D eigenvalue weighted by Crippen LogP contribution is 2.71. The quantitative estimate of drug-likeness (QED) is 0.895. The average molecular weight is 275 g/mol. The first-order valence-electron chi connectivity index (χ1n) is 8.18. The molecule has 5 atom stereocenters. The van der Waals surface area contributed by atoms with E-state index in [-0.39, 0.29) is 6.04 Å². The summed E-state index contributed by atoms with van der Waals surface area (Å²) in [7, 11) is 0. The van der Waals surface area contributed by atoms with Crippen LogP contribution in [0.4, 0.5) is 0 Å². The van der Waals surface area contributed by atoms with E-state index in [0.717, 1.165) is 36.0 Å². The van der Waals surface area contributed by atoms with E-state index in [9.17, 15) is 0 Å². The monoisotopic (exact) mass is 275 g/mol. The Morgan fingerprint density at radius 2 is 1.90 bits per heavy atom. The normalized spacial score (nSPS) is 39.3. The van der Waals surface area contributed by atoms with E-state index in [2.05, 4.69) is 46.3 Å². The Balaban J connectivity index is 1.49. The van der Waals surface area contributed by atoms with Gasteiger partial charge < -0.3 is 5.32 Å². The van der Waals surface area contributed by atoms with E-state index < -0.39 is 0 Å². The van der Waals surface area contributed by atoms with Gasteiger partial charge in [-0.3, -0.25) is 0 Å². The van der Waals surface area contributed by atoms with Gasteiger partial charge >= 0.3 is 0 Å². The minimum absolute atomic E-state index is 0.242. The lowest BCUT2D eigenvalue weighted by atomic mass is 10.0. The predicted molar refractivity (Wildman–Crippen MR) is 75.9 cm³/mol. The van der Waals surface area contributed by atoms with Gasteiger partial charge in [-0.05, 0) is 72.7 Å². The molecule has 2 bridgehead atoms. The van der Waals surface area contributed by atoms with Crippen molar-refractivity contribution in [3.05, 3.63) is 5.82 Å². The molecule has 0 amide bonds. The standard InChI is InChI=1S/C15H25N5/c1-8(2)7-16-9(3)15-17-18-19-20(15)14-12-10-4-5-11(6-10)13(12)14/h8-14,16H,4-7H2,1-3H3. The Bertz CT molecular complexity index is 480. The summed E-state index contributed by atoms with van der Waals surface area (Å²) in [5, 5.41) is 16.1. The number of tetrazole rings is 1. The molecule has 0 radical (unpaired) electrons. The summed E-state index contributed by atoms with van der Waals surface area (Å²) in [6, 6.07) is 0.848. The van der Waals surface area contributed by atoms with Crippen molar-refractivity contribution in [2.24, 2.45) is 29.6 Å². The van der Waals surface area contributed by atoms with Crippen LogP contribution in [-0.2, 0) is 0 Å². The fourth-order valence-corrected chi connectivity index (χ4v) is 4.81. The zero-order chi connectivity index (χ0) is 13.9. The molecule has 0 aromatic carbocycles. The highest BCUT2D eigenvalue weighted by molar-refractivity contribution is 5.16. The van der Waals surface area contributed by atoms with E-state index in [1.165, 1.54) is 19.3 Å². The van der Waals surface area contributed by atoms with E-state index >= 15 is 0 Å². The molecule has 1 aromatic rings. The molecule has 1 aromatic heterocycles. The number of hydrogen-bond acceptors (Lipinski definition) is 4. The van der Waals surface area contributed by atoms with E-state index in [1.54, 1.807) is 0 Å². The molecule has 3 saturated carbocycles. The Kier molecular flexibility index (Phi) is 2.88. The molecular formula is C15H25N5. The fourth-order valence-electron chi connectivity index (χ4n) is 4.81. The van der Waals surface area contributed by atoms with Gasteiger partial charge in [0.25, 0.3) is 0 Å². The fraction of sp³-hybridized carbons (Fsp3) is 0.933. The van der Waals surface area contributed by atoms with Gasteiger partial charge in [-0.15, -0.1) is 5.10 Å². The summed E-state index contributed by atoms with van der Waals surface area (Å²) in [4.78, 5) is 0. The lowest BCUT2D eigenvalue weighted by Gasteiger charge is -2.16. The number of fused-ring (bicyclic) bond motifs is 5. The smallest absolute Gasteiger partial charge is 0.168 e. The van der Waals surface area contributed by atoms with Gasteiger partial charge in [0.2, 0.25) is 0 Å². The molecule has 3 aliphatic carbocycles. The topological polar surface area (TPSA) is 55.6 Å². The first-order chi connectivity index (χ1) is 9.66. The molecule has 5 unspecified atom stereocenters. The SMILES string of the molecule is CC(C)CNC(C)c1nnnn1C1C2C3CCC(C3)C21. The number of aromatic nitrogens is 4. The van der Waals surface area contributed by atoms with Crippen LogP contribution in [0.2, 0.25) is 0 Å². The third-order valence-corrected chi connectivity index (χ3v) is 5.71. The number of rotatable bonds is 5. The van der Waals surface area contributed by atoms with Crippen LogP contribution in [0, 0.1) is 29.6 Å². The molecule has 0 spiro atoms. The van der Waals surface area contributed by atoms with Gasteiger partial charge in [-0.2, -0.15) is 0 Å². The maximum atomic E-state index is 4.32. The van der Waals surface area contributed by atoms with Crippen molar-refractivity contribution in [1.29, 1.82) is 0 Å². The maximum Gasteiger partial charge on any atom is 0.168 e. The summed E-state index contributed by atoms with van der Waals surface area (Å²) in [6.07, 6.45) is 4.37. The second-order valence-corrected chi connectivity index (χ2v) is 7.48. The van der Waals surface area contributed by atoms with E-state index in [1.807, 2.05) is 0 Å². The van der Waals surface area contributed by atoms with Crippen LogP contribution in [0.3, 0.4) is 0 Å². The second kappa shape index (κ2) is 4.52. The van der Waals surface area contributed by atoms with Crippen molar-refractivity contribution in [3.63, 3.8) is 0 Å². The van der Waals surface area contributed by atoms with Crippen molar-refractivity contribution in [3.8, 4) is 0 Å². The van der Waals surface area contributed by atoms with Crippen molar-refractivity contribution in [1.82, 2.24) is 25.5 Å². The summed E-state index contributed by atoms with van der Waals surface area (Å²) in [6.45, 7) is 7.64. The van der Waals surface area contributed by atoms with Crippen molar-refractivity contribution < 1.29 is 0 Å². The van der Waals surface area contributed by atoms with Crippen LogP contribution in [0.5, 0.6) is 0 Å². The molecule has 0 saturated heterocycles. The van der Waals surface area contributed by atoms with Crippen molar-refractivity contribution in [2.75, 3.05) is 6.54 Å². The van der Waals surface area contributed by atoms with Crippen LogP contribution in [-0.4, -0.2) is 26.8 Å². The zero-order valence-electron chi connectivity index (χ0n) is 12.7. The Labute approximate surface area is 120 Å². The molecule has 1 heterocycles. The van der Waals surface area contributed by atoms with Crippen LogP contribution in [0.25, 0.3) is 0 Å². The molecule has 5 nitrogen and oxygen atoms in total. The molecule has 3 fully saturated rings. The minimum Gasteiger partial charge on any atom is -0.307 e. The summed E-state index contributed by atoms with van der Waals surface area (Å²) >= 11 is 0. The summed E-state index contributed by atoms with van der Waals surface area (Å²) < 4.78 is 2.15. The Morgan fingerprint density at radius 1 is 1.20 bits per heavy atom. The lowest BCUT2D eigenvalue weighted by molar-refractivity contribution is 0.395. The highest BCUT2D eigenvalue weighted by Gasteiger charge is 2.66. The molecule has 3 aliphatic rings. The number of hydrogen-bond donors (Lipinski definition) is 1. The molecule has 20 heavy (non-hydrogen) atoms. The zero-order valence-corrected chi connectivity index (χ0v) is 12.7. The highest BCUT2D eigenvalue weighted by atomic mass is 15.6. The molecule has 110 valence electrons. The van der Waals surface area contributed by atoms with Gasteiger partial charge in [0, 0.05) is 0 Å². The predicted octanol–water partition coefficient (Wildman–Crippen LogP) is 2.20. The van der Waals surface area contributed by atoms with Crippen LogP contribution in [0.1, 0.15) is 57.9 Å². The third-order valence-electron chi connectivity index (χ3n) is 5.71. The van der Waals surface area contributed by atoms with E-state index in [4.69, 9.17) is 0 Å². The number of nitrogens with zero attached hydrogens (tertiary/aromatic N) is 4. The third kappa shape index (κ3) is 1.82. The molecule has 4 rings (SSSR count). The van der Waals surface area contributed by atoms with Crippen LogP contribution in [0.15, 0.2) is 0 Å². The van der Waals surface area contributed by atoms with E-state index in [0.29, 0.717) is 12.0 Å². The maximum absolute atomic E-state index is 4.32. The van der Waals surface area contributed by atoms with Crippen LogP contribution >= 0.6 is 0 Å². The largest absolute Gasteiger partial charge is 0.307 e. The van der Waals surface area contributed by atoms with Crippen molar-refractivity contribution >= 4 is 0 Å². The lowest BCUT2D eigenvalue weighted by Crippen LogP contribution is -2.26. The Hall–Kier alpha value is -0.970. The molecule has 5 heteroatoms. The second-order valence-electron chi connectivity index (χ2n) is 7.48. The van der Waals surface area contributed by atoms with Crippen molar-refractivity contribution in [2.45, 2.75) is 52.1 Å². The number of nitrogens with one attached hydrogen (secondary N) is 1. The first-order valence-corrected chi connectivity index (χ1v) is 8.18. The molecular weight excluding hydrogens is 250 g/mol. The molecule has 0 aliphatic heterocycles. The Morgan fingerprint density at radius 3 is 2.55 bits per heavy atom.